The Bertz CT molecular complexity index is 632. The predicted molar refractivity (Wildman–Crippen MR) is 60.4 cm³/mol. The van der Waals surface area contributed by atoms with Gasteiger partial charge >= 0.3 is 5.69 Å². The normalized spacial score (nSPS) is 11.5. The molecule has 0 atom stereocenters. The van der Waals surface area contributed by atoms with E-state index in [1.54, 1.807) is 13.4 Å². The zero-order valence-electron chi connectivity index (χ0n) is 9.52. The van der Waals surface area contributed by atoms with Gasteiger partial charge in [0.05, 0.1) is 6.33 Å². The van der Waals surface area contributed by atoms with Crippen LogP contribution >= 0.6 is 0 Å². The molecule has 2 heterocycles. The average Bonchev–Trinajstić information content (AvgIpc) is 2.58. The largest absolute Gasteiger partial charge is 0.329 e. The molecule has 86 valence electrons. The number of rotatable bonds is 2. The van der Waals surface area contributed by atoms with Crippen molar-refractivity contribution in [2.24, 2.45) is 13.0 Å². The van der Waals surface area contributed by atoms with E-state index in [9.17, 15) is 9.59 Å². The van der Waals surface area contributed by atoms with Crippen molar-refractivity contribution in [2.75, 3.05) is 0 Å². The second kappa shape index (κ2) is 3.62. The summed E-state index contributed by atoms with van der Waals surface area (Å²) >= 11 is 0. The lowest BCUT2D eigenvalue weighted by Crippen LogP contribution is -2.29. The van der Waals surface area contributed by atoms with Gasteiger partial charge in [-0.3, -0.25) is 14.3 Å². The van der Waals surface area contributed by atoms with Gasteiger partial charge in [0.2, 0.25) is 0 Å². The van der Waals surface area contributed by atoms with Crippen LogP contribution in [-0.2, 0) is 13.6 Å². The van der Waals surface area contributed by atoms with Crippen molar-refractivity contribution in [3.63, 3.8) is 0 Å². The van der Waals surface area contributed by atoms with Crippen LogP contribution in [-0.4, -0.2) is 19.1 Å². The van der Waals surface area contributed by atoms with E-state index < -0.39 is 11.2 Å². The number of H-pyrrole nitrogens is 1. The highest BCUT2D eigenvalue weighted by molar-refractivity contribution is 5.69. The molecule has 6 nitrogen and oxygen atoms in total. The van der Waals surface area contributed by atoms with E-state index in [0.717, 1.165) is 6.54 Å². The topological polar surface area (TPSA) is 72.7 Å². The lowest BCUT2D eigenvalue weighted by Gasteiger charge is -2.08. The van der Waals surface area contributed by atoms with E-state index in [1.165, 1.54) is 4.57 Å². The Hall–Kier alpha value is -1.85. The fraction of sp³-hybridized carbons (Fsp3) is 0.500. The minimum absolute atomic E-state index is 0.308. The number of nitrogens with one attached hydrogen (secondary N) is 1. The van der Waals surface area contributed by atoms with Gasteiger partial charge in [0, 0.05) is 13.6 Å². The summed E-state index contributed by atoms with van der Waals surface area (Å²) in [6.45, 7) is 4.86. The Morgan fingerprint density at radius 2 is 2.12 bits per heavy atom. The van der Waals surface area contributed by atoms with Crippen LogP contribution in [0.2, 0.25) is 0 Å². The molecule has 0 amide bonds. The third-order valence-corrected chi connectivity index (χ3v) is 2.43. The van der Waals surface area contributed by atoms with Gasteiger partial charge in [-0.25, -0.2) is 9.78 Å². The molecule has 0 aromatic carbocycles. The lowest BCUT2D eigenvalue weighted by atomic mass is 10.2. The first-order chi connectivity index (χ1) is 7.50. The Morgan fingerprint density at radius 1 is 1.44 bits per heavy atom. The molecule has 0 aliphatic rings. The van der Waals surface area contributed by atoms with Crippen molar-refractivity contribution < 1.29 is 0 Å². The quantitative estimate of drug-likeness (QED) is 0.782. The van der Waals surface area contributed by atoms with E-state index in [4.69, 9.17) is 0 Å². The highest BCUT2D eigenvalue weighted by Gasteiger charge is 2.11. The molecule has 0 saturated carbocycles. The summed E-state index contributed by atoms with van der Waals surface area (Å²) in [6, 6.07) is 0. The van der Waals surface area contributed by atoms with Gasteiger partial charge in [0.15, 0.2) is 5.52 Å². The summed E-state index contributed by atoms with van der Waals surface area (Å²) in [4.78, 5) is 29.2. The zero-order valence-corrected chi connectivity index (χ0v) is 9.52. The Balaban J connectivity index is 2.80. The molecule has 0 radical (unpaired) electrons. The van der Waals surface area contributed by atoms with E-state index in [-0.39, 0.29) is 0 Å². The fourth-order valence-corrected chi connectivity index (χ4v) is 1.75. The van der Waals surface area contributed by atoms with Gasteiger partial charge in [-0.15, -0.1) is 0 Å². The molecular weight excluding hydrogens is 208 g/mol. The Kier molecular flexibility index (Phi) is 2.41. The Labute approximate surface area is 91.5 Å². The minimum Gasteiger partial charge on any atom is -0.316 e. The fourth-order valence-electron chi connectivity index (χ4n) is 1.75. The molecule has 0 unspecified atom stereocenters. The average molecular weight is 222 g/mol. The molecule has 2 aromatic rings. The molecule has 0 aliphatic heterocycles. The van der Waals surface area contributed by atoms with Gasteiger partial charge in [-0.05, 0) is 5.92 Å². The van der Waals surface area contributed by atoms with Gasteiger partial charge in [-0.2, -0.15) is 0 Å². The minimum atomic E-state index is -0.430. The van der Waals surface area contributed by atoms with Crippen LogP contribution < -0.4 is 11.2 Å². The molecule has 0 spiro atoms. The monoisotopic (exact) mass is 222 g/mol. The summed E-state index contributed by atoms with van der Waals surface area (Å²) in [6.07, 6.45) is 1.60. The van der Waals surface area contributed by atoms with Crippen molar-refractivity contribution in [2.45, 2.75) is 20.4 Å². The number of aryl methyl sites for hydroxylation is 1. The lowest BCUT2D eigenvalue weighted by molar-refractivity contribution is 0.525. The van der Waals surface area contributed by atoms with Crippen LogP contribution in [0.15, 0.2) is 15.9 Å². The molecule has 1 N–H and O–H groups in total. The predicted octanol–water partition coefficient (Wildman–Crippen LogP) is 0.0793. The number of hydrogen-bond donors (Lipinski definition) is 1. The number of fused-ring (bicyclic) bond motifs is 1. The van der Waals surface area contributed by atoms with Crippen LogP contribution in [0.25, 0.3) is 11.2 Å². The molecule has 0 saturated heterocycles. The number of aromatic amines is 1. The summed E-state index contributed by atoms with van der Waals surface area (Å²) in [7, 11) is 1.62. The molecule has 0 bridgehead atoms. The van der Waals surface area contributed by atoms with Gasteiger partial charge in [0.25, 0.3) is 5.56 Å². The molecule has 0 fully saturated rings. The first-order valence-corrected chi connectivity index (χ1v) is 5.15. The highest BCUT2D eigenvalue weighted by atomic mass is 16.2. The van der Waals surface area contributed by atoms with Gasteiger partial charge < -0.3 is 4.57 Å². The van der Waals surface area contributed by atoms with Crippen LogP contribution in [0.1, 0.15) is 13.8 Å². The highest BCUT2D eigenvalue weighted by Crippen LogP contribution is 2.08. The number of imidazole rings is 1. The van der Waals surface area contributed by atoms with Crippen molar-refractivity contribution >= 4 is 11.2 Å². The van der Waals surface area contributed by atoms with Crippen molar-refractivity contribution in [1.82, 2.24) is 19.1 Å². The van der Waals surface area contributed by atoms with Gasteiger partial charge in [0.1, 0.15) is 5.65 Å². The van der Waals surface area contributed by atoms with Crippen molar-refractivity contribution in [1.29, 1.82) is 0 Å². The Morgan fingerprint density at radius 3 is 2.75 bits per heavy atom. The third-order valence-electron chi connectivity index (χ3n) is 2.43. The molecule has 6 heteroatoms. The summed E-state index contributed by atoms with van der Waals surface area (Å²) in [5.41, 5.74) is 0.0359. The van der Waals surface area contributed by atoms with Crippen molar-refractivity contribution in [3.05, 3.63) is 27.2 Å². The number of hydrogen-bond acceptors (Lipinski definition) is 3. The van der Waals surface area contributed by atoms with E-state index in [2.05, 4.69) is 23.8 Å². The maximum absolute atomic E-state index is 11.5. The summed E-state index contributed by atoms with van der Waals surface area (Å²) in [5.74, 6) is 0.423. The summed E-state index contributed by atoms with van der Waals surface area (Å²) < 4.78 is 3.24. The first-order valence-electron chi connectivity index (χ1n) is 5.15. The van der Waals surface area contributed by atoms with E-state index in [0.29, 0.717) is 17.1 Å². The maximum atomic E-state index is 11.5. The van der Waals surface area contributed by atoms with Crippen molar-refractivity contribution in [3.8, 4) is 0 Å². The summed E-state index contributed by atoms with van der Waals surface area (Å²) in [5, 5.41) is 0. The molecule has 16 heavy (non-hydrogen) atoms. The van der Waals surface area contributed by atoms with Crippen LogP contribution in [0, 0.1) is 5.92 Å². The molecule has 2 rings (SSSR count). The number of aromatic nitrogens is 4. The first kappa shape index (κ1) is 10.7. The second-order valence-electron chi connectivity index (χ2n) is 4.28. The van der Waals surface area contributed by atoms with Crippen LogP contribution in [0.3, 0.4) is 0 Å². The standard InChI is InChI=1S/C10H14N4O2/c1-6(2)4-14-5-11-7-8(15)12-10(16)13(3)9(7)14/h5-6H,4H2,1-3H3,(H,12,15,16). The van der Waals surface area contributed by atoms with E-state index >= 15 is 0 Å². The SMILES string of the molecule is CC(C)Cn1cnc2c(=O)[nH]c(=O)n(C)c21. The molecule has 2 aromatic heterocycles. The van der Waals surface area contributed by atoms with E-state index in [1.807, 2.05) is 4.57 Å². The van der Waals surface area contributed by atoms with Crippen LogP contribution in [0.4, 0.5) is 0 Å². The molecular formula is C10H14N4O2. The molecule has 0 aliphatic carbocycles. The number of nitrogens with zero attached hydrogens (tertiary/aromatic N) is 3. The zero-order chi connectivity index (χ0) is 11.9. The van der Waals surface area contributed by atoms with Crippen LogP contribution in [0.5, 0.6) is 0 Å². The van der Waals surface area contributed by atoms with Gasteiger partial charge in [-0.1, -0.05) is 13.8 Å². The maximum Gasteiger partial charge on any atom is 0.329 e. The third kappa shape index (κ3) is 1.56. The second-order valence-corrected chi connectivity index (χ2v) is 4.28. The smallest absolute Gasteiger partial charge is 0.316 e.